The summed E-state index contributed by atoms with van der Waals surface area (Å²) in [5, 5.41) is 10.2. The van der Waals surface area contributed by atoms with E-state index in [1.165, 1.54) is 5.69 Å². The second-order valence-corrected chi connectivity index (χ2v) is 4.91. The lowest BCUT2D eigenvalue weighted by atomic mass is 10.2. The van der Waals surface area contributed by atoms with Crippen LogP contribution in [0.4, 0.5) is 0 Å². The summed E-state index contributed by atoms with van der Waals surface area (Å²) in [6.07, 6.45) is 6.95. The highest BCUT2D eigenvalue weighted by Gasteiger charge is 2.06. The fourth-order valence-electron chi connectivity index (χ4n) is 2.49. The third-order valence-electron chi connectivity index (χ3n) is 3.50. The van der Waals surface area contributed by atoms with Gasteiger partial charge in [0.05, 0.1) is 30.2 Å². The highest BCUT2D eigenvalue weighted by molar-refractivity contribution is 5.81. The van der Waals surface area contributed by atoms with Crippen molar-refractivity contribution in [2.75, 3.05) is 0 Å². The molecule has 0 aliphatic carbocycles. The van der Waals surface area contributed by atoms with Crippen LogP contribution in [0.1, 0.15) is 24.6 Å². The number of aryl methyl sites for hydroxylation is 1. The summed E-state index contributed by atoms with van der Waals surface area (Å²) in [7, 11) is 0. The predicted molar refractivity (Wildman–Crippen MR) is 78.3 cm³/mol. The molecule has 1 aromatic carbocycles. The largest absolute Gasteiger partial charge is 0.341 e. The summed E-state index contributed by atoms with van der Waals surface area (Å²) in [5.74, 6) is 0. The molecule has 2 heterocycles. The minimum atomic E-state index is 0.694. The molecule has 0 unspecified atom stereocenters. The van der Waals surface area contributed by atoms with Crippen molar-refractivity contribution in [2.24, 2.45) is 0 Å². The Hall–Kier alpha value is -2.54. The molecule has 20 heavy (non-hydrogen) atoms. The monoisotopic (exact) mass is 264 g/mol. The Bertz CT molecular complexity index is 773. The molecule has 0 N–H and O–H groups in total. The minimum absolute atomic E-state index is 0.694. The smallest absolute Gasteiger partial charge is 0.0992 e. The molecule has 0 bridgehead atoms. The van der Waals surface area contributed by atoms with Gasteiger partial charge in [-0.1, -0.05) is 13.0 Å². The Kier molecular flexibility index (Phi) is 3.26. The van der Waals surface area contributed by atoms with Crippen LogP contribution < -0.4 is 0 Å². The van der Waals surface area contributed by atoms with Crippen molar-refractivity contribution in [3.05, 3.63) is 54.2 Å². The maximum Gasteiger partial charge on any atom is 0.0992 e. The molecule has 0 atom stereocenters. The molecule has 0 fully saturated rings. The zero-order valence-corrected chi connectivity index (χ0v) is 11.5. The first-order valence-corrected chi connectivity index (χ1v) is 6.80. The molecule has 100 valence electrons. The highest BCUT2D eigenvalue weighted by atomic mass is 15.1. The van der Waals surface area contributed by atoms with E-state index in [1.54, 1.807) is 0 Å². The van der Waals surface area contributed by atoms with Crippen LogP contribution in [0.2, 0.25) is 0 Å². The van der Waals surface area contributed by atoms with Gasteiger partial charge in [-0.3, -0.25) is 0 Å². The first-order valence-electron chi connectivity index (χ1n) is 6.80. The Morgan fingerprint density at radius 1 is 1.25 bits per heavy atom. The van der Waals surface area contributed by atoms with Gasteiger partial charge in [-0.2, -0.15) is 5.26 Å². The lowest BCUT2D eigenvalue weighted by Gasteiger charge is -2.09. The van der Waals surface area contributed by atoms with Crippen molar-refractivity contribution < 1.29 is 0 Å². The second kappa shape index (κ2) is 5.22. The van der Waals surface area contributed by atoms with Crippen LogP contribution in [-0.4, -0.2) is 14.1 Å². The number of nitriles is 1. The third kappa shape index (κ3) is 2.19. The summed E-state index contributed by atoms with van der Waals surface area (Å²) in [6.45, 7) is 3.92. The van der Waals surface area contributed by atoms with Gasteiger partial charge >= 0.3 is 0 Å². The van der Waals surface area contributed by atoms with Crippen molar-refractivity contribution in [3.63, 3.8) is 0 Å². The Balaban J connectivity index is 1.98. The second-order valence-electron chi connectivity index (χ2n) is 4.91. The summed E-state index contributed by atoms with van der Waals surface area (Å²) in [5.41, 5.74) is 2.97. The van der Waals surface area contributed by atoms with Gasteiger partial charge in [0, 0.05) is 24.5 Å². The molecule has 2 aromatic heterocycles. The van der Waals surface area contributed by atoms with Crippen molar-refractivity contribution in [1.82, 2.24) is 14.1 Å². The van der Waals surface area contributed by atoms with Crippen molar-refractivity contribution in [3.8, 4) is 6.07 Å². The van der Waals surface area contributed by atoms with Crippen LogP contribution in [0.25, 0.3) is 10.9 Å². The molecule has 0 saturated carbocycles. The maximum absolute atomic E-state index is 9.02. The third-order valence-corrected chi connectivity index (χ3v) is 3.50. The van der Waals surface area contributed by atoms with Gasteiger partial charge in [0.25, 0.3) is 0 Å². The van der Waals surface area contributed by atoms with Crippen LogP contribution >= 0.6 is 0 Å². The summed E-state index contributed by atoms with van der Waals surface area (Å²) in [6, 6.07) is 10.1. The van der Waals surface area contributed by atoms with E-state index in [9.17, 15) is 0 Å². The van der Waals surface area contributed by atoms with Crippen LogP contribution in [0, 0.1) is 11.3 Å². The van der Waals surface area contributed by atoms with Crippen LogP contribution in [0.15, 0.2) is 43.0 Å². The molecule has 4 heteroatoms. The summed E-state index contributed by atoms with van der Waals surface area (Å²) in [4.78, 5) is 4.23. The molecule has 0 aliphatic heterocycles. The van der Waals surface area contributed by atoms with Crippen LogP contribution in [0.3, 0.4) is 0 Å². The molecule has 3 rings (SSSR count). The molecule has 4 nitrogen and oxygen atoms in total. The number of fused-ring (bicyclic) bond motifs is 1. The molecule has 0 radical (unpaired) electrons. The Labute approximate surface area is 117 Å². The average Bonchev–Trinajstić information content (AvgIpc) is 3.07. The molecule has 3 aromatic rings. The highest BCUT2D eigenvalue weighted by Crippen LogP contribution is 2.19. The zero-order chi connectivity index (χ0) is 13.9. The van der Waals surface area contributed by atoms with Crippen molar-refractivity contribution >= 4 is 10.9 Å². The topological polar surface area (TPSA) is 46.5 Å². The zero-order valence-electron chi connectivity index (χ0n) is 11.5. The number of imidazole rings is 1. The predicted octanol–water partition coefficient (Wildman–Crippen LogP) is 3.17. The van der Waals surface area contributed by atoms with Gasteiger partial charge in [0.15, 0.2) is 0 Å². The summed E-state index contributed by atoms with van der Waals surface area (Å²) < 4.78 is 4.35. The minimum Gasteiger partial charge on any atom is -0.341 e. The van der Waals surface area contributed by atoms with Crippen molar-refractivity contribution in [1.29, 1.82) is 5.26 Å². The quantitative estimate of drug-likeness (QED) is 0.726. The molecular weight excluding hydrogens is 248 g/mol. The standard InChI is InChI=1S/C16H16N4/c1-2-6-20-12-18-10-15(20)11-19-7-5-14-4-3-13(9-17)8-16(14)19/h3-5,7-8,10,12H,2,6,11H2,1H3. The molecule has 0 aliphatic rings. The number of nitrogens with zero attached hydrogens (tertiary/aromatic N) is 4. The maximum atomic E-state index is 9.02. The normalized spacial score (nSPS) is 10.8. The first-order chi connectivity index (χ1) is 9.81. The number of hydrogen-bond donors (Lipinski definition) is 0. The Morgan fingerprint density at radius 3 is 2.95 bits per heavy atom. The number of rotatable bonds is 4. The fourth-order valence-corrected chi connectivity index (χ4v) is 2.49. The molecule has 0 spiro atoms. The van der Waals surface area contributed by atoms with Gasteiger partial charge in [0.1, 0.15) is 0 Å². The van der Waals surface area contributed by atoms with E-state index in [4.69, 9.17) is 5.26 Å². The lowest BCUT2D eigenvalue weighted by molar-refractivity contribution is 0.629. The number of hydrogen-bond acceptors (Lipinski definition) is 2. The van der Waals surface area contributed by atoms with Gasteiger partial charge in [-0.25, -0.2) is 4.98 Å². The van der Waals surface area contributed by atoms with Gasteiger partial charge in [-0.15, -0.1) is 0 Å². The first kappa shape index (κ1) is 12.5. The van der Waals surface area contributed by atoms with E-state index in [2.05, 4.69) is 39.4 Å². The molecule has 0 amide bonds. The molecular formula is C16H16N4. The van der Waals surface area contributed by atoms with Gasteiger partial charge in [0.2, 0.25) is 0 Å². The van der Waals surface area contributed by atoms with E-state index in [0.29, 0.717) is 5.56 Å². The fraction of sp³-hybridized carbons (Fsp3) is 0.250. The Morgan fingerprint density at radius 2 is 2.15 bits per heavy atom. The van der Waals surface area contributed by atoms with Crippen LogP contribution in [0.5, 0.6) is 0 Å². The lowest BCUT2D eigenvalue weighted by Crippen LogP contribution is -2.06. The van der Waals surface area contributed by atoms with E-state index in [0.717, 1.165) is 30.4 Å². The van der Waals surface area contributed by atoms with Crippen LogP contribution in [-0.2, 0) is 13.1 Å². The van der Waals surface area contributed by atoms with E-state index in [1.807, 2.05) is 30.7 Å². The SMILES string of the molecule is CCCn1cncc1Cn1ccc2ccc(C#N)cc21. The van der Waals surface area contributed by atoms with Gasteiger partial charge in [-0.05, 0) is 30.0 Å². The average molecular weight is 264 g/mol. The van der Waals surface area contributed by atoms with E-state index in [-0.39, 0.29) is 0 Å². The molecule has 0 saturated heterocycles. The summed E-state index contributed by atoms with van der Waals surface area (Å²) >= 11 is 0. The van der Waals surface area contributed by atoms with E-state index < -0.39 is 0 Å². The van der Waals surface area contributed by atoms with E-state index >= 15 is 0 Å². The number of aromatic nitrogens is 3. The van der Waals surface area contributed by atoms with Crippen molar-refractivity contribution in [2.45, 2.75) is 26.4 Å². The number of benzene rings is 1. The van der Waals surface area contributed by atoms with Gasteiger partial charge < -0.3 is 9.13 Å².